The molecule has 0 unspecified atom stereocenters. The number of amides is 1. The van der Waals surface area contributed by atoms with E-state index in [4.69, 9.17) is 9.47 Å². The highest BCUT2D eigenvalue weighted by Gasteiger charge is 2.27. The fraction of sp³-hybridized carbons (Fsp3) is 0.444. The standard InChI is InChI=1S/C18H21N3O3S/c1-18(4-6-19-7-5-18)10-20-16(22)13-9-25-17(21-13)12-2-3-14-15(8-12)24-11-23-14/h2-3,8-9,19H,4-7,10-11H2,1H3,(H,20,22). The first kappa shape index (κ1) is 16.4. The third kappa shape index (κ3) is 3.48. The molecule has 0 radical (unpaired) electrons. The lowest BCUT2D eigenvalue weighted by Crippen LogP contribution is -2.42. The first-order chi connectivity index (χ1) is 12.1. The quantitative estimate of drug-likeness (QED) is 0.878. The average Bonchev–Trinajstić information content (AvgIpc) is 3.29. The van der Waals surface area contributed by atoms with Gasteiger partial charge in [0.2, 0.25) is 6.79 Å². The molecule has 2 aromatic rings. The molecule has 132 valence electrons. The second-order valence-electron chi connectivity index (χ2n) is 6.85. The topological polar surface area (TPSA) is 72.5 Å². The predicted molar refractivity (Wildman–Crippen MR) is 96.2 cm³/mol. The lowest BCUT2D eigenvalue weighted by molar-refractivity contribution is 0.0918. The monoisotopic (exact) mass is 359 g/mol. The summed E-state index contributed by atoms with van der Waals surface area (Å²) >= 11 is 1.46. The number of rotatable bonds is 4. The second kappa shape index (κ2) is 6.65. The lowest BCUT2D eigenvalue weighted by atomic mass is 9.81. The zero-order chi connectivity index (χ0) is 17.3. The molecule has 25 heavy (non-hydrogen) atoms. The Labute approximate surface area is 150 Å². The van der Waals surface area contributed by atoms with Crippen molar-refractivity contribution >= 4 is 17.2 Å². The van der Waals surface area contributed by atoms with Crippen molar-refractivity contribution in [3.8, 4) is 22.1 Å². The number of ether oxygens (including phenoxy) is 2. The smallest absolute Gasteiger partial charge is 0.270 e. The zero-order valence-corrected chi connectivity index (χ0v) is 14.9. The van der Waals surface area contributed by atoms with Crippen LogP contribution in [0.3, 0.4) is 0 Å². The predicted octanol–water partition coefficient (Wildman–Crippen LogP) is 2.66. The third-order valence-corrected chi connectivity index (χ3v) is 5.73. The van der Waals surface area contributed by atoms with E-state index in [9.17, 15) is 4.79 Å². The molecular weight excluding hydrogens is 338 g/mol. The number of carbonyl (C=O) groups excluding carboxylic acids is 1. The van der Waals surface area contributed by atoms with Crippen molar-refractivity contribution in [3.63, 3.8) is 0 Å². The number of hydrogen-bond donors (Lipinski definition) is 2. The van der Waals surface area contributed by atoms with E-state index in [0.29, 0.717) is 12.2 Å². The molecule has 2 aliphatic rings. The molecule has 7 heteroatoms. The molecule has 0 spiro atoms. The number of carbonyl (C=O) groups is 1. The van der Waals surface area contributed by atoms with E-state index in [1.54, 1.807) is 5.38 Å². The molecule has 4 rings (SSSR count). The molecule has 0 aliphatic carbocycles. The van der Waals surface area contributed by atoms with Crippen LogP contribution >= 0.6 is 11.3 Å². The Kier molecular flexibility index (Phi) is 4.35. The van der Waals surface area contributed by atoms with Crippen LogP contribution in [0.4, 0.5) is 0 Å². The van der Waals surface area contributed by atoms with Crippen molar-refractivity contribution in [1.29, 1.82) is 0 Å². The molecule has 0 bridgehead atoms. The van der Waals surface area contributed by atoms with E-state index in [1.807, 2.05) is 18.2 Å². The van der Waals surface area contributed by atoms with E-state index in [1.165, 1.54) is 11.3 Å². The van der Waals surface area contributed by atoms with Crippen LogP contribution in [0, 0.1) is 5.41 Å². The van der Waals surface area contributed by atoms with Crippen LogP contribution in [0.25, 0.3) is 10.6 Å². The average molecular weight is 359 g/mol. The molecule has 3 heterocycles. The minimum atomic E-state index is -0.108. The van der Waals surface area contributed by atoms with E-state index >= 15 is 0 Å². The number of nitrogens with zero attached hydrogens (tertiary/aromatic N) is 1. The van der Waals surface area contributed by atoms with Crippen LogP contribution in [0.5, 0.6) is 11.5 Å². The number of fused-ring (bicyclic) bond motifs is 1. The van der Waals surface area contributed by atoms with Gasteiger partial charge in [-0.1, -0.05) is 6.92 Å². The number of thiazole rings is 1. The fourth-order valence-corrected chi connectivity index (χ4v) is 3.93. The minimum Gasteiger partial charge on any atom is -0.454 e. The van der Waals surface area contributed by atoms with Gasteiger partial charge < -0.3 is 20.1 Å². The van der Waals surface area contributed by atoms with Crippen molar-refractivity contribution < 1.29 is 14.3 Å². The van der Waals surface area contributed by atoms with Gasteiger partial charge in [0.25, 0.3) is 5.91 Å². The zero-order valence-electron chi connectivity index (χ0n) is 14.1. The van der Waals surface area contributed by atoms with Crippen LogP contribution in [-0.2, 0) is 0 Å². The van der Waals surface area contributed by atoms with Crippen LogP contribution in [0.2, 0.25) is 0 Å². The van der Waals surface area contributed by atoms with Gasteiger partial charge in [0.05, 0.1) is 0 Å². The number of nitrogens with one attached hydrogen (secondary N) is 2. The number of piperidine rings is 1. The van der Waals surface area contributed by atoms with Gasteiger partial charge in [-0.3, -0.25) is 4.79 Å². The SMILES string of the molecule is CC1(CNC(=O)c2csc(-c3ccc4c(c3)OCO4)n2)CCNCC1. The molecule has 0 saturated carbocycles. The Morgan fingerprint density at radius 3 is 2.96 bits per heavy atom. The van der Waals surface area contributed by atoms with Gasteiger partial charge in [-0.2, -0.15) is 0 Å². The van der Waals surface area contributed by atoms with Gasteiger partial charge in [0.15, 0.2) is 11.5 Å². The normalized spacial score (nSPS) is 18.1. The summed E-state index contributed by atoms with van der Waals surface area (Å²) < 4.78 is 10.7. The Balaban J connectivity index is 1.43. The molecule has 2 aliphatic heterocycles. The summed E-state index contributed by atoms with van der Waals surface area (Å²) in [5.41, 5.74) is 1.56. The summed E-state index contributed by atoms with van der Waals surface area (Å²) in [5.74, 6) is 1.36. The second-order valence-corrected chi connectivity index (χ2v) is 7.71. The Morgan fingerprint density at radius 2 is 2.12 bits per heavy atom. The van der Waals surface area contributed by atoms with E-state index in [0.717, 1.165) is 48.0 Å². The van der Waals surface area contributed by atoms with Crippen LogP contribution in [-0.4, -0.2) is 37.3 Å². The van der Waals surface area contributed by atoms with E-state index in [2.05, 4.69) is 22.5 Å². The van der Waals surface area contributed by atoms with Gasteiger partial charge in [-0.05, 0) is 49.5 Å². The highest BCUT2D eigenvalue weighted by Crippen LogP contribution is 2.36. The van der Waals surface area contributed by atoms with Crippen molar-refractivity contribution in [3.05, 3.63) is 29.3 Å². The van der Waals surface area contributed by atoms with Crippen molar-refractivity contribution in [2.45, 2.75) is 19.8 Å². The highest BCUT2D eigenvalue weighted by molar-refractivity contribution is 7.13. The molecule has 1 amide bonds. The molecule has 1 aromatic heterocycles. The molecule has 1 saturated heterocycles. The maximum absolute atomic E-state index is 12.4. The largest absolute Gasteiger partial charge is 0.454 e. The van der Waals surface area contributed by atoms with Gasteiger partial charge in [-0.25, -0.2) is 4.98 Å². The fourth-order valence-electron chi connectivity index (χ4n) is 3.13. The first-order valence-electron chi connectivity index (χ1n) is 8.47. The van der Waals surface area contributed by atoms with E-state index in [-0.39, 0.29) is 18.1 Å². The number of benzene rings is 1. The van der Waals surface area contributed by atoms with E-state index < -0.39 is 0 Å². The van der Waals surface area contributed by atoms with Crippen LogP contribution in [0.15, 0.2) is 23.6 Å². The number of aromatic nitrogens is 1. The van der Waals surface area contributed by atoms with Crippen molar-refractivity contribution in [1.82, 2.24) is 15.6 Å². The van der Waals surface area contributed by atoms with Gasteiger partial charge >= 0.3 is 0 Å². The van der Waals surface area contributed by atoms with Crippen LogP contribution < -0.4 is 20.1 Å². The summed E-state index contributed by atoms with van der Waals surface area (Å²) in [6.45, 7) is 5.19. The summed E-state index contributed by atoms with van der Waals surface area (Å²) in [6.07, 6.45) is 2.15. The Hall–Kier alpha value is -2.12. The summed E-state index contributed by atoms with van der Waals surface area (Å²) in [4.78, 5) is 16.9. The maximum Gasteiger partial charge on any atom is 0.270 e. The van der Waals surface area contributed by atoms with Crippen LogP contribution in [0.1, 0.15) is 30.3 Å². The summed E-state index contributed by atoms with van der Waals surface area (Å²) in [6, 6.07) is 5.71. The minimum absolute atomic E-state index is 0.108. The van der Waals surface area contributed by atoms with Gasteiger partial charge in [-0.15, -0.1) is 11.3 Å². The molecule has 1 fully saturated rings. The molecule has 6 nitrogen and oxygen atoms in total. The first-order valence-corrected chi connectivity index (χ1v) is 9.35. The lowest BCUT2D eigenvalue weighted by Gasteiger charge is -2.34. The summed E-state index contributed by atoms with van der Waals surface area (Å²) in [7, 11) is 0. The Bertz CT molecular complexity index is 784. The van der Waals surface area contributed by atoms with Gasteiger partial charge in [0, 0.05) is 17.5 Å². The van der Waals surface area contributed by atoms with Crippen molar-refractivity contribution in [2.75, 3.05) is 26.4 Å². The molecule has 2 N–H and O–H groups in total. The molecular formula is C18H21N3O3S. The third-order valence-electron chi connectivity index (χ3n) is 4.84. The summed E-state index contributed by atoms with van der Waals surface area (Å²) in [5, 5.41) is 9.01. The van der Waals surface area contributed by atoms with Gasteiger partial charge in [0.1, 0.15) is 10.7 Å². The molecule has 1 aromatic carbocycles. The number of hydrogen-bond acceptors (Lipinski definition) is 6. The highest BCUT2D eigenvalue weighted by atomic mass is 32.1. The van der Waals surface area contributed by atoms with Crippen molar-refractivity contribution in [2.24, 2.45) is 5.41 Å². The maximum atomic E-state index is 12.4. The molecule has 0 atom stereocenters. The Morgan fingerprint density at radius 1 is 1.32 bits per heavy atom.